The van der Waals surface area contributed by atoms with Crippen LogP contribution in [-0.4, -0.2) is 4.98 Å². The van der Waals surface area contributed by atoms with Crippen molar-refractivity contribution in [1.82, 2.24) is 4.98 Å². The second-order valence-corrected chi connectivity index (χ2v) is 4.70. The van der Waals surface area contributed by atoms with Crippen LogP contribution in [0.3, 0.4) is 0 Å². The zero-order chi connectivity index (χ0) is 10.9. The molecule has 1 heterocycles. The minimum atomic E-state index is 0.905. The van der Waals surface area contributed by atoms with Crippen molar-refractivity contribution in [3.8, 4) is 0 Å². The van der Waals surface area contributed by atoms with Crippen LogP contribution in [-0.2, 0) is 12.8 Å². The van der Waals surface area contributed by atoms with E-state index < -0.39 is 0 Å². The van der Waals surface area contributed by atoms with Gasteiger partial charge in [-0.2, -0.15) is 0 Å². The Morgan fingerprint density at radius 3 is 2.62 bits per heavy atom. The highest BCUT2D eigenvalue weighted by molar-refractivity contribution is 6.09. The van der Waals surface area contributed by atoms with Crippen LogP contribution in [0.2, 0.25) is 0 Å². The summed E-state index contributed by atoms with van der Waals surface area (Å²) in [4.78, 5) is 4.56. The second kappa shape index (κ2) is 2.43. The molecule has 4 rings (SSSR count). The molecular formula is C15H11N. The Labute approximate surface area is 94.1 Å². The van der Waals surface area contributed by atoms with Crippen LogP contribution in [0, 0.1) is 0 Å². The fraction of sp³-hybridized carbons (Fsp3) is 0.133. The number of hydrogen-bond donors (Lipinski definition) is 0. The maximum Gasteiger partial charge on any atom is 0.0532 e. The Bertz CT molecular complexity index is 631. The Kier molecular flexibility index (Phi) is 1.26. The van der Waals surface area contributed by atoms with Gasteiger partial charge < -0.3 is 0 Å². The van der Waals surface area contributed by atoms with Crippen LogP contribution < -0.4 is 0 Å². The van der Waals surface area contributed by atoms with Crippen LogP contribution in [0.5, 0.6) is 0 Å². The lowest BCUT2D eigenvalue weighted by molar-refractivity contribution is 1.18. The third-order valence-corrected chi connectivity index (χ3v) is 3.75. The second-order valence-electron chi connectivity index (χ2n) is 4.70. The van der Waals surface area contributed by atoms with Crippen molar-refractivity contribution < 1.29 is 0 Å². The summed E-state index contributed by atoms with van der Waals surface area (Å²) >= 11 is 0. The topological polar surface area (TPSA) is 12.9 Å². The summed E-state index contributed by atoms with van der Waals surface area (Å²) < 4.78 is 0. The van der Waals surface area contributed by atoms with Crippen LogP contribution in [0.25, 0.3) is 21.9 Å². The van der Waals surface area contributed by atoms with Crippen molar-refractivity contribution in [2.75, 3.05) is 0 Å². The third-order valence-electron chi connectivity index (χ3n) is 3.75. The average Bonchev–Trinajstić information content (AvgIpc) is 2.75. The van der Waals surface area contributed by atoms with E-state index in [1.807, 2.05) is 6.20 Å². The summed E-state index contributed by atoms with van der Waals surface area (Å²) in [7, 11) is 0. The van der Waals surface area contributed by atoms with Gasteiger partial charge in [0.2, 0.25) is 0 Å². The number of nitrogens with zero attached hydrogens (tertiary/aromatic N) is 1. The van der Waals surface area contributed by atoms with Gasteiger partial charge in [-0.3, -0.25) is 4.98 Å². The molecule has 0 bridgehead atoms. The molecule has 0 spiro atoms. The number of aromatic nitrogens is 1. The highest BCUT2D eigenvalue weighted by atomic mass is 14.7. The van der Waals surface area contributed by atoms with Crippen LogP contribution in [0.15, 0.2) is 31.5 Å². The molecule has 0 unspecified atom stereocenters. The molecule has 0 N–H and O–H groups in total. The van der Waals surface area contributed by atoms with Crippen LogP contribution in [0.1, 0.15) is 22.4 Å². The van der Waals surface area contributed by atoms with Crippen molar-refractivity contribution in [3.63, 3.8) is 0 Å². The molecule has 16 heavy (non-hydrogen) atoms. The highest BCUT2D eigenvalue weighted by Gasteiger charge is 2.26. The first-order valence-corrected chi connectivity index (χ1v) is 5.55. The molecule has 2 aromatic rings. The lowest BCUT2D eigenvalue weighted by atomic mass is 10.0. The molecule has 1 heteroatoms. The summed E-state index contributed by atoms with van der Waals surface area (Å²) in [5, 5.41) is 2.71. The van der Waals surface area contributed by atoms with Gasteiger partial charge in [0.15, 0.2) is 0 Å². The summed E-state index contributed by atoms with van der Waals surface area (Å²) in [5.74, 6) is 0. The van der Waals surface area contributed by atoms with Gasteiger partial charge in [-0.05, 0) is 34.1 Å². The van der Waals surface area contributed by atoms with Gasteiger partial charge in [-0.15, -0.1) is 0 Å². The van der Waals surface area contributed by atoms with Gasteiger partial charge in [0.05, 0.1) is 5.69 Å². The van der Waals surface area contributed by atoms with E-state index in [2.05, 4.69) is 30.3 Å². The molecule has 0 atom stereocenters. The summed E-state index contributed by atoms with van der Waals surface area (Å²) in [5.41, 5.74) is 7.52. The van der Waals surface area contributed by atoms with Crippen molar-refractivity contribution in [3.05, 3.63) is 53.9 Å². The number of hydrogen-bond acceptors (Lipinski definition) is 1. The zero-order valence-corrected chi connectivity index (χ0v) is 9.01. The highest BCUT2D eigenvalue weighted by Crippen LogP contribution is 2.44. The first kappa shape index (κ1) is 8.28. The van der Waals surface area contributed by atoms with Crippen molar-refractivity contribution in [2.24, 2.45) is 0 Å². The molecule has 2 aliphatic rings. The maximum atomic E-state index is 4.56. The predicted octanol–water partition coefficient (Wildman–Crippen LogP) is 3.37. The molecule has 0 fully saturated rings. The quantitative estimate of drug-likeness (QED) is 0.642. The summed E-state index contributed by atoms with van der Waals surface area (Å²) in [6, 6.07) is 4.42. The van der Waals surface area contributed by atoms with Gasteiger partial charge >= 0.3 is 0 Å². The van der Waals surface area contributed by atoms with Gasteiger partial charge in [0.1, 0.15) is 0 Å². The van der Waals surface area contributed by atoms with E-state index >= 15 is 0 Å². The lowest BCUT2D eigenvalue weighted by Crippen LogP contribution is -1.87. The monoisotopic (exact) mass is 205 g/mol. The van der Waals surface area contributed by atoms with E-state index in [-0.39, 0.29) is 0 Å². The Morgan fingerprint density at radius 1 is 0.938 bits per heavy atom. The molecule has 1 nitrogen and oxygen atoms in total. The van der Waals surface area contributed by atoms with E-state index in [0.717, 1.165) is 12.8 Å². The fourth-order valence-electron chi connectivity index (χ4n) is 2.99. The van der Waals surface area contributed by atoms with Crippen molar-refractivity contribution in [2.45, 2.75) is 12.8 Å². The van der Waals surface area contributed by atoms with Crippen molar-refractivity contribution >= 4 is 21.9 Å². The van der Waals surface area contributed by atoms with E-state index in [0.29, 0.717) is 0 Å². The molecule has 1 aromatic carbocycles. The Balaban J connectivity index is 2.32. The minimum absolute atomic E-state index is 0.905. The Hall–Kier alpha value is -1.89. The molecule has 0 saturated carbocycles. The largest absolute Gasteiger partial charge is 0.260 e. The van der Waals surface area contributed by atoms with Crippen molar-refractivity contribution in [1.29, 1.82) is 0 Å². The van der Waals surface area contributed by atoms with Gasteiger partial charge in [-0.25, -0.2) is 0 Å². The molecule has 0 aliphatic heterocycles. The normalized spacial score (nSPS) is 16.5. The third kappa shape index (κ3) is 0.768. The van der Waals surface area contributed by atoms with E-state index in [9.17, 15) is 0 Å². The smallest absolute Gasteiger partial charge is 0.0532 e. The summed E-state index contributed by atoms with van der Waals surface area (Å²) in [6.45, 7) is 8.26. The zero-order valence-electron chi connectivity index (χ0n) is 9.01. The average molecular weight is 205 g/mol. The van der Waals surface area contributed by atoms with E-state index in [1.165, 1.54) is 44.3 Å². The first-order valence-electron chi connectivity index (χ1n) is 5.55. The molecule has 0 radical (unpaired) electrons. The number of benzene rings is 1. The number of allylic oxidation sites excluding steroid dienone is 2. The Morgan fingerprint density at radius 2 is 1.75 bits per heavy atom. The molecule has 0 amide bonds. The standard InChI is InChI=1S/C15H11N/c1-8-5-10-3-4-11-9(2)6-13-15(11)14(10)12(8)7-16-13/h3-4,7H,1-2,5-6H2. The molecular weight excluding hydrogens is 194 g/mol. The van der Waals surface area contributed by atoms with Crippen LogP contribution >= 0.6 is 0 Å². The number of rotatable bonds is 0. The maximum absolute atomic E-state index is 4.56. The van der Waals surface area contributed by atoms with E-state index in [1.54, 1.807) is 0 Å². The number of pyridine rings is 1. The van der Waals surface area contributed by atoms with Crippen LogP contribution in [0.4, 0.5) is 0 Å². The predicted molar refractivity (Wildman–Crippen MR) is 67.2 cm³/mol. The molecule has 76 valence electrons. The van der Waals surface area contributed by atoms with Gasteiger partial charge in [0.25, 0.3) is 0 Å². The fourth-order valence-corrected chi connectivity index (χ4v) is 2.99. The SMILES string of the molecule is C=C1Cc2ccc3c4c(ncc1c24)CC3=C. The molecule has 2 aliphatic carbocycles. The minimum Gasteiger partial charge on any atom is -0.260 e. The molecule has 0 saturated heterocycles. The van der Waals surface area contributed by atoms with E-state index in [4.69, 9.17) is 0 Å². The lowest BCUT2D eigenvalue weighted by Gasteiger charge is -2.03. The summed E-state index contributed by atoms with van der Waals surface area (Å²) in [6.07, 6.45) is 3.87. The van der Waals surface area contributed by atoms with Gasteiger partial charge in [-0.1, -0.05) is 25.3 Å². The van der Waals surface area contributed by atoms with Gasteiger partial charge in [0, 0.05) is 23.6 Å². The first-order chi connectivity index (χ1) is 7.75. The molecule has 1 aromatic heterocycles.